The lowest BCUT2D eigenvalue weighted by molar-refractivity contribution is 0.102. The minimum Gasteiger partial charge on any atom is -0.324 e. The number of hydrogen-bond donors (Lipinski definition) is 3. The highest BCUT2D eigenvalue weighted by Gasteiger charge is 2.13. The average molecular weight is 314 g/mol. The van der Waals surface area contributed by atoms with Crippen molar-refractivity contribution in [1.29, 1.82) is 0 Å². The van der Waals surface area contributed by atoms with Crippen LogP contribution in [0.25, 0.3) is 0 Å². The van der Waals surface area contributed by atoms with E-state index in [1.165, 1.54) is 0 Å². The Bertz CT molecular complexity index is 624. The molecule has 0 saturated carbocycles. The van der Waals surface area contributed by atoms with E-state index in [0.717, 1.165) is 12.1 Å². The molecule has 0 saturated heterocycles. The molecule has 0 aromatic heterocycles. The number of rotatable bonds is 3. The first-order valence-electron chi connectivity index (χ1n) is 5.54. The lowest BCUT2D eigenvalue weighted by Crippen LogP contribution is -2.13. The van der Waals surface area contributed by atoms with E-state index in [4.69, 9.17) is 29.0 Å². The Hall–Kier alpha value is -1.82. The van der Waals surface area contributed by atoms with Gasteiger partial charge in [0, 0.05) is 11.3 Å². The molecule has 2 aromatic rings. The topological polar surface area (TPSA) is 67.1 Å². The fraction of sp³-hybridized carbons (Fsp3) is 0. The van der Waals surface area contributed by atoms with Gasteiger partial charge < -0.3 is 10.7 Å². The van der Waals surface area contributed by atoms with E-state index >= 15 is 0 Å². The van der Waals surface area contributed by atoms with Gasteiger partial charge in [0.05, 0.1) is 15.7 Å². The van der Waals surface area contributed by atoms with E-state index in [2.05, 4.69) is 10.7 Å². The number of carbonyl (C=O) groups is 1. The molecular formula is C13H10Cl2FN3O. The number of nitrogens with one attached hydrogen (secondary N) is 2. The predicted molar refractivity (Wildman–Crippen MR) is 78.6 cm³/mol. The Labute approximate surface area is 124 Å². The zero-order valence-corrected chi connectivity index (χ0v) is 11.6. The van der Waals surface area contributed by atoms with E-state index in [-0.39, 0.29) is 15.7 Å². The molecule has 1 amide bonds. The van der Waals surface area contributed by atoms with Crippen LogP contribution in [0.4, 0.5) is 15.8 Å². The highest BCUT2D eigenvalue weighted by Crippen LogP contribution is 2.31. The van der Waals surface area contributed by atoms with Crippen LogP contribution in [0.5, 0.6) is 0 Å². The Morgan fingerprint density at radius 1 is 1.10 bits per heavy atom. The van der Waals surface area contributed by atoms with Crippen LogP contribution in [0.15, 0.2) is 36.4 Å². The maximum atomic E-state index is 13.1. The second-order valence-electron chi connectivity index (χ2n) is 3.92. The summed E-state index contributed by atoms with van der Waals surface area (Å²) in [6.45, 7) is 0. The minimum atomic E-state index is -0.573. The average Bonchev–Trinajstić information content (AvgIpc) is 2.42. The third-order valence-electron chi connectivity index (χ3n) is 2.56. The number of benzene rings is 2. The van der Waals surface area contributed by atoms with Crippen molar-refractivity contribution in [3.8, 4) is 0 Å². The molecule has 0 spiro atoms. The normalized spacial score (nSPS) is 10.2. The van der Waals surface area contributed by atoms with E-state index in [1.807, 2.05) is 0 Å². The summed E-state index contributed by atoms with van der Waals surface area (Å²) in [4.78, 5) is 12.0. The molecule has 7 heteroatoms. The third-order valence-corrected chi connectivity index (χ3v) is 3.16. The van der Waals surface area contributed by atoms with Crippen molar-refractivity contribution in [2.45, 2.75) is 0 Å². The number of hydrogen-bond acceptors (Lipinski definition) is 3. The summed E-state index contributed by atoms with van der Waals surface area (Å²) in [5, 5.41) is 2.60. The molecule has 0 fully saturated rings. The number of halogens is 3. The van der Waals surface area contributed by atoms with Gasteiger partial charge in [-0.3, -0.25) is 10.6 Å². The summed E-state index contributed by atoms with van der Waals surface area (Å²) in [5.41, 5.74) is 3.67. The van der Waals surface area contributed by atoms with Gasteiger partial charge >= 0.3 is 0 Å². The monoisotopic (exact) mass is 313 g/mol. The molecule has 104 valence electrons. The number of nitrogens with two attached hydrogens (primary N) is 1. The van der Waals surface area contributed by atoms with Crippen LogP contribution in [0.1, 0.15) is 10.4 Å². The van der Waals surface area contributed by atoms with Crippen molar-refractivity contribution in [2.24, 2.45) is 5.84 Å². The summed E-state index contributed by atoms with van der Waals surface area (Å²) in [7, 11) is 0. The van der Waals surface area contributed by atoms with E-state index in [0.29, 0.717) is 11.3 Å². The molecule has 0 aliphatic heterocycles. The van der Waals surface area contributed by atoms with Crippen LogP contribution in [0.3, 0.4) is 0 Å². The van der Waals surface area contributed by atoms with Gasteiger partial charge in [-0.25, -0.2) is 4.39 Å². The van der Waals surface area contributed by atoms with E-state index in [9.17, 15) is 9.18 Å². The third kappa shape index (κ3) is 3.19. The molecule has 0 atom stereocenters. The summed E-state index contributed by atoms with van der Waals surface area (Å²) in [6, 6.07) is 8.59. The fourth-order valence-corrected chi connectivity index (χ4v) is 2.12. The largest absolute Gasteiger partial charge is 0.324 e. The molecule has 0 heterocycles. The Morgan fingerprint density at radius 2 is 1.65 bits per heavy atom. The molecule has 20 heavy (non-hydrogen) atoms. The Kier molecular flexibility index (Phi) is 4.44. The highest BCUT2D eigenvalue weighted by molar-refractivity contribution is 6.40. The van der Waals surface area contributed by atoms with Gasteiger partial charge in [0.1, 0.15) is 5.82 Å². The number of hydrazine groups is 1. The van der Waals surface area contributed by atoms with Crippen LogP contribution in [-0.2, 0) is 0 Å². The van der Waals surface area contributed by atoms with Crippen LogP contribution >= 0.6 is 23.2 Å². The zero-order valence-electron chi connectivity index (χ0n) is 10.1. The Morgan fingerprint density at radius 3 is 2.15 bits per heavy atom. The summed E-state index contributed by atoms with van der Waals surface area (Å²) in [6.07, 6.45) is 0. The molecule has 4 N–H and O–H groups in total. The first kappa shape index (κ1) is 14.6. The lowest BCUT2D eigenvalue weighted by atomic mass is 10.2. The number of nitrogen functional groups attached to an aromatic ring is 1. The molecular weight excluding hydrogens is 304 g/mol. The highest BCUT2D eigenvalue weighted by atomic mass is 35.5. The van der Waals surface area contributed by atoms with Crippen molar-refractivity contribution in [3.05, 3.63) is 57.8 Å². The smallest absolute Gasteiger partial charge is 0.255 e. The molecule has 0 bridgehead atoms. The maximum Gasteiger partial charge on any atom is 0.255 e. The molecule has 2 rings (SSSR count). The fourth-order valence-electron chi connectivity index (χ4n) is 1.57. The molecule has 0 radical (unpaired) electrons. The van der Waals surface area contributed by atoms with Crippen molar-refractivity contribution >= 4 is 40.5 Å². The van der Waals surface area contributed by atoms with Crippen LogP contribution < -0.4 is 16.6 Å². The molecule has 2 aromatic carbocycles. The number of anilines is 2. The predicted octanol–water partition coefficient (Wildman–Crippen LogP) is 3.67. The van der Waals surface area contributed by atoms with Gasteiger partial charge in [-0.2, -0.15) is 0 Å². The van der Waals surface area contributed by atoms with Crippen molar-refractivity contribution < 1.29 is 9.18 Å². The van der Waals surface area contributed by atoms with E-state index < -0.39 is 11.7 Å². The van der Waals surface area contributed by atoms with Crippen LogP contribution in [-0.4, -0.2) is 5.91 Å². The van der Waals surface area contributed by atoms with Gasteiger partial charge in [-0.05, 0) is 36.4 Å². The van der Waals surface area contributed by atoms with Crippen molar-refractivity contribution in [1.82, 2.24) is 0 Å². The SMILES string of the molecule is NNc1ccc(C(=O)Nc2c(Cl)cc(F)cc2Cl)cc1. The van der Waals surface area contributed by atoms with E-state index in [1.54, 1.807) is 24.3 Å². The Balaban J connectivity index is 2.23. The second kappa shape index (κ2) is 6.09. The van der Waals surface area contributed by atoms with Gasteiger partial charge in [0.15, 0.2) is 0 Å². The minimum absolute atomic E-state index is 0.0311. The number of amides is 1. The summed E-state index contributed by atoms with van der Waals surface area (Å²) >= 11 is 11.7. The molecule has 4 nitrogen and oxygen atoms in total. The first-order valence-corrected chi connectivity index (χ1v) is 6.29. The molecule has 0 unspecified atom stereocenters. The zero-order chi connectivity index (χ0) is 14.7. The van der Waals surface area contributed by atoms with Gasteiger partial charge in [0.2, 0.25) is 0 Å². The van der Waals surface area contributed by atoms with Crippen LogP contribution in [0.2, 0.25) is 10.0 Å². The first-order chi connectivity index (χ1) is 9.51. The quantitative estimate of drug-likeness (QED) is 0.598. The van der Waals surface area contributed by atoms with Crippen molar-refractivity contribution in [2.75, 3.05) is 10.7 Å². The van der Waals surface area contributed by atoms with Crippen LogP contribution in [0, 0.1) is 5.82 Å². The summed E-state index contributed by atoms with van der Waals surface area (Å²) in [5.74, 6) is 4.25. The van der Waals surface area contributed by atoms with Crippen molar-refractivity contribution in [3.63, 3.8) is 0 Å². The maximum absolute atomic E-state index is 13.1. The summed E-state index contributed by atoms with van der Waals surface area (Å²) < 4.78 is 13.1. The second-order valence-corrected chi connectivity index (χ2v) is 4.73. The van der Waals surface area contributed by atoms with Gasteiger partial charge in [-0.15, -0.1) is 0 Å². The van der Waals surface area contributed by atoms with Gasteiger partial charge in [-0.1, -0.05) is 23.2 Å². The number of carbonyl (C=O) groups excluding carboxylic acids is 1. The molecule has 0 aliphatic rings. The lowest BCUT2D eigenvalue weighted by Gasteiger charge is -2.10. The standard InChI is InChI=1S/C13H10Cl2FN3O/c14-10-5-8(16)6-11(15)12(10)18-13(20)7-1-3-9(19-17)4-2-7/h1-6,19H,17H2,(H,18,20). The molecule has 0 aliphatic carbocycles. The van der Waals surface area contributed by atoms with Gasteiger partial charge in [0.25, 0.3) is 5.91 Å².